The maximum Gasteiger partial charge on any atom is 0.244 e. The average Bonchev–Trinajstić information content (AvgIpc) is 2.67. The van der Waals surface area contributed by atoms with Crippen LogP contribution < -0.4 is 10.2 Å². The fraction of sp³-hybridized carbons (Fsp3) is 0.278. The SMILES string of the molecule is O=C(/C=C/c1ccccc1F)NCc1ccnc(N2CCOCC2)n1. The molecule has 0 radical (unpaired) electrons. The van der Waals surface area contributed by atoms with Gasteiger partial charge in [0.2, 0.25) is 11.9 Å². The van der Waals surface area contributed by atoms with Crippen LogP contribution in [0.3, 0.4) is 0 Å². The number of halogens is 1. The number of nitrogens with zero attached hydrogens (tertiary/aromatic N) is 3. The van der Waals surface area contributed by atoms with Gasteiger partial charge in [-0.15, -0.1) is 0 Å². The van der Waals surface area contributed by atoms with E-state index in [1.165, 1.54) is 18.2 Å². The highest BCUT2D eigenvalue weighted by Gasteiger charge is 2.13. The van der Waals surface area contributed by atoms with Crippen molar-refractivity contribution in [1.29, 1.82) is 0 Å². The number of rotatable bonds is 5. The van der Waals surface area contributed by atoms with Crippen molar-refractivity contribution in [1.82, 2.24) is 15.3 Å². The van der Waals surface area contributed by atoms with Crippen LogP contribution in [0.5, 0.6) is 0 Å². The standard InChI is InChI=1S/C18H19FN4O2/c19-16-4-2-1-3-14(16)5-6-17(24)21-13-15-7-8-20-18(22-15)23-9-11-25-12-10-23/h1-8H,9-13H2,(H,21,24)/b6-5+. The molecule has 0 unspecified atom stereocenters. The number of hydrogen-bond donors (Lipinski definition) is 1. The molecule has 0 atom stereocenters. The Hall–Kier alpha value is -2.80. The molecule has 1 aliphatic rings. The molecule has 7 heteroatoms. The number of aromatic nitrogens is 2. The van der Waals surface area contributed by atoms with E-state index in [1.54, 1.807) is 30.5 Å². The quantitative estimate of drug-likeness (QED) is 0.839. The Morgan fingerprint density at radius 2 is 2.08 bits per heavy atom. The maximum absolute atomic E-state index is 13.5. The summed E-state index contributed by atoms with van der Waals surface area (Å²) >= 11 is 0. The average molecular weight is 342 g/mol. The van der Waals surface area contributed by atoms with Gasteiger partial charge in [-0.1, -0.05) is 18.2 Å². The number of anilines is 1. The van der Waals surface area contributed by atoms with Crippen molar-refractivity contribution in [2.24, 2.45) is 0 Å². The third-order valence-electron chi connectivity index (χ3n) is 3.76. The summed E-state index contributed by atoms with van der Waals surface area (Å²) in [5.41, 5.74) is 1.08. The van der Waals surface area contributed by atoms with Crippen LogP contribution in [0.1, 0.15) is 11.3 Å². The molecule has 1 fully saturated rings. The predicted octanol–water partition coefficient (Wildman–Crippen LogP) is 1.78. The van der Waals surface area contributed by atoms with Gasteiger partial charge in [0.1, 0.15) is 5.82 Å². The third-order valence-corrected chi connectivity index (χ3v) is 3.76. The van der Waals surface area contributed by atoms with Crippen LogP contribution in [-0.2, 0) is 16.1 Å². The first-order valence-electron chi connectivity index (χ1n) is 8.07. The molecule has 0 spiro atoms. The second-order valence-corrected chi connectivity index (χ2v) is 5.52. The van der Waals surface area contributed by atoms with Crippen molar-refractivity contribution in [3.05, 3.63) is 59.7 Å². The second-order valence-electron chi connectivity index (χ2n) is 5.52. The lowest BCUT2D eigenvalue weighted by atomic mass is 10.2. The lowest BCUT2D eigenvalue weighted by molar-refractivity contribution is -0.116. The van der Waals surface area contributed by atoms with E-state index in [2.05, 4.69) is 15.3 Å². The van der Waals surface area contributed by atoms with Crippen LogP contribution >= 0.6 is 0 Å². The zero-order chi connectivity index (χ0) is 17.5. The Kier molecular flexibility index (Phi) is 5.69. The minimum absolute atomic E-state index is 0.278. The second kappa shape index (κ2) is 8.34. The van der Waals surface area contributed by atoms with Crippen molar-refractivity contribution in [3.63, 3.8) is 0 Å². The Balaban J connectivity index is 1.56. The summed E-state index contributed by atoms with van der Waals surface area (Å²) in [4.78, 5) is 22.7. The van der Waals surface area contributed by atoms with Gasteiger partial charge >= 0.3 is 0 Å². The number of carbonyl (C=O) groups is 1. The van der Waals surface area contributed by atoms with E-state index in [0.717, 1.165) is 13.1 Å². The lowest BCUT2D eigenvalue weighted by Gasteiger charge is -2.26. The Labute approximate surface area is 145 Å². The van der Waals surface area contributed by atoms with E-state index in [0.29, 0.717) is 30.4 Å². The lowest BCUT2D eigenvalue weighted by Crippen LogP contribution is -2.37. The summed E-state index contributed by atoms with van der Waals surface area (Å²) in [6.07, 6.45) is 4.43. The minimum Gasteiger partial charge on any atom is -0.378 e. The summed E-state index contributed by atoms with van der Waals surface area (Å²) in [6, 6.07) is 8.04. The normalized spacial score (nSPS) is 14.7. The first kappa shape index (κ1) is 17.0. The number of morpholine rings is 1. The molecule has 2 aromatic rings. The van der Waals surface area contributed by atoms with Gasteiger partial charge in [0.15, 0.2) is 0 Å². The topological polar surface area (TPSA) is 67.4 Å². The van der Waals surface area contributed by atoms with Gasteiger partial charge in [-0.05, 0) is 18.2 Å². The number of carbonyl (C=O) groups excluding carboxylic acids is 1. The van der Waals surface area contributed by atoms with Gasteiger partial charge < -0.3 is 15.0 Å². The molecule has 1 aromatic heterocycles. The number of hydrogen-bond acceptors (Lipinski definition) is 5. The van der Waals surface area contributed by atoms with Gasteiger partial charge in [0.25, 0.3) is 0 Å². The van der Waals surface area contributed by atoms with Crippen molar-refractivity contribution >= 4 is 17.9 Å². The molecule has 130 valence electrons. The molecule has 6 nitrogen and oxygen atoms in total. The number of amides is 1. The third kappa shape index (κ3) is 4.84. The van der Waals surface area contributed by atoms with Crippen LogP contribution in [0.15, 0.2) is 42.6 Å². The van der Waals surface area contributed by atoms with Crippen molar-refractivity contribution < 1.29 is 13.9 Å². The van der Waals surface area contributed by atoms with Crippen LogP contribution in [0, 0.1) is 5.82 Å². The zero-order valence-electron chi connectivity index (χ0n) is 13.7. The van der Waals surface area contributed by atoms with E-state index in [1.807, 2.05) is 4.90 Å². The summed E-state index contributed by atoms with van der Waals surface area (Å²) < 4.78 is 18.8. The highest BCUT2D eigenvalue weighted by molar-refractivity contribution is 5.91. The van der Waals surface area contributed by atoms with Crippen LogP contribution in [-0.4, -0.2) is 42.2 Å². The molecule has 0 bridgehead atoms. The number of benzene rings is 1. The van der Waals surface area contributed by atoms with E-state index < -0.39 is 0 Å². The van der Waals surface area contributed by atoms with Gasteiger partial charge in [-0.25, -0.2) is 14.4 Å². The molecule has 0 saturated carbocycles. The molecular formula is C18H19FN4O2. The summed E-state index contributed by atoms with van der Waals surface area (Å²) in [5.74, 6) is -0.0377. The van der Waals surface area contributed by atoms with E-state index >= 15 is 0 Å². The number of ether oxygens (including phenoxy) is 1. The van der Waals surface area contributed by atoms with E-state index in [-0.39, 0.29) is 18.3 Å². The number of nitrogens with one attached hydrogen (secondary N) is 1. The molecule has 25 heavy (non-hydrogen) atoms. The predicted molar refractivity (Wildman–Crippen MR) is 92.3 cm³/mol. The van der Waals surface area contributed by atoms with Gasteiger partial charge in [-0.2, -0.15) is 0 Å². The molecule has 0 aliphatic carbocycles. The molecular weight excluding hydrogens is 323 g/mol. The largest absolute Gasteiger partial charge is 0.378 e. The van der Waals surface area contributed by atoms with Crippen LogP contribution in [0.25, 0.3) is 6.08 Å². The highest BCUT2D eigenvalue weighted by atomic mass is 19.1. The summed E-state index contributed by atoms with van der Waals surface area (Å²) in [5, 5.41) is 2.74. The van der Waals surface area contributed by atoms with Crippen molar-refractivity contribution in [2.75, 3.05) is 31.2 Å². The molecule has 3 rings (SSSR count). The first-order valence-corrected chi connectivity index (χ1v) is 8.07. The fourth-order valence-electron chi connectivity index (χ4n) is 2.41. The Morgan fingerprint density at radius 3 is 2.88 bits per heavy atom. The molecule has 1 amide bonds. The maximum atomic E-state index is 13.5. The Morgan fingerprint density at radius 1 is 1.28 bits per heavy atom. The smallest absolute Gasteiger partial charge is 0.244 e. The van der Waals surface area contributed by atoms with Crippen LogP contribution in [0.4, 0.5) is 10.3 Å². The summed E-state index contributed by atoms with van der Waals surface area (Å²) in [6.45, 7) is 3.10. The Bertz CT molecular complexity index is 760. The van der Waals surface area contributed by atoms with E-state index in [9.17, 15) is 9.18 Å². The van der Waals surface area contributed by atoms with Crippen molar-refractivity contribution in [2.45, 2.75) is 6.54 Å². The van der Waals surface area contributed by atoms with Crippen molar-refractivity contribution in [3.8, 4) is 0 Å². The molecule has 1 aliphatic heterocycles. The van der Waals surface area contributed by atoms with Gasteiger partial charge in [0, 0.05) is 30.9 Å². The monoisotopic (exact) mass is 342 g/mol. The van der Waals surface area contributed by atoms with Gasteiger partial charge in [-0.3, -0.25) is 4.79 Å². The summed E-state index contributed by atoms with van der Waals surface area (Å²) in [7, 11) is 0. The van der Waals surface area contributed by atoms with E-state index in [4.69, 9.17) is 4.74 Å². The zero-order valence-corrected chi connectivity index (χ0v) is 13.7. The van der Waals surface area contributed by atoms with Gasteiger partial charge in [0.05, 0.1) is 25.5 Å². The molecule has 1 saturated heterocycles. The molecule has 1 N–H and O–H groups in total. The fourth-order valence-corrected chi connectivity index (χ4v) is 2.41. The van der Waals surface area contributed by atoms with Crippen LogP contribution in [0.2, 0.25) is 0 Å². The molecule has 2 heterocycles. The highest BCUT2D eigenvalue weighted by Crippen LogP contribution is 2.10. The first-order chi connectivity index (χ1) is 12.2. The molecule has 1 aromatic carbocycles. The minimum atomic E-state index is -0.363.